The number of aryl methyl sites for hydroxylation is 1. The van der Waals surface area contributed by atoms with Gasteiger partial charge in [-0.3, -0.25) is 9.59 Å². The number of hydrogen-bond acceptors (Lipinski definition) is 2. The number of carbonyl (C=O) groups is 2. The Balaban J connectivity index is 2.65. The first-order valence-electron chi connectivity index (χ1n) is 5.17. The highest BCUT2D eigenvalue weighted by molar-refractivity contribution is 6.30. The van der Waals surface area contributed by atoms with E-state index in [0.29, 0.717) is 5.02 Å². The molecule has 1 aromatic rings. The van der Waals surface area contributed by atoms with Gasteiger partial charge in [0.05, 0.1) is 6.42 Å². The molecule has 0 saturated carbocycles. The van der Waals surface area contributed by atoms with E-state index in [1.165, 1.54) is 6.92 Å². The second-order valence-electron chi connectivity index (χ2n) is 3.88. The molecule has 0 aromatic heterocycles. The van der Waals surface area contributed by atoms with Crippen LogP contribution in [0, 0.1) is 6.92 Å². The summed E-state index contributed by atoms with van der Waals surface area (Å²) in [4.78, 5) is 22.1. The highest BCUT2D eigenvalue weighted by atomic mass is 35.5. The van der Waals surface area contributed by atoms with Crippen LogP contribution in [0.3, 0.4) is 0 Å². The lowest BCUT2D eigenvalue weighted by molar-refractivity contribution is -0.141. The predicted octanol–water partition coefficient (Wildman–Crippen LogP) is 1.78. The van der Waals surface area contributed by atoms with Crippen LogP contribution in [0.4, 0.5) is 0 Å². The molecular weight excluding hydrogens is 242 g/mol. The van der Waals surface area contributed by atoms with Crippen LogP contribution >= 0.6 is 11.6 Å². The van der Waals surface area contributed by atoms with Gasteiger partial charge < -0.3 is 10.4 Å². The summed E-state index contributed by atoms with van der Waals surface area (Å²) in [7, 11) is 0. The summed E-state index contributed by atoms with van der Waals surface area (Å²) >= 11 is 5.80. The summed E-state index contributed by atoms with van der Waals surface area (Å²) in [5.74, 6) is -1.36. The monoisotopic (exact) mass is 255 g/mol. The quantitative estimate of drug-likeness (QED) is 0.862. The molecule has 1 amide bonds. The Kier molecular flexibility index (Phi) is 4.52. The molecule has 0 spiro atoms. The van der Waals surface area contributed by atoms with E-state index in [4.69, 9.17) is 16.7 Å². The third kappa shape index (κ3) is 4.07. The minimum absolute atomic E-state index is 0.153. The largest absolute Gasteiger partial charge is 0.480 e. The van der Waals surface area contributed by atoms with E-state index in [2.05, 4.69) is 5.32 Å². The van der Waals surface area contributed by atoms with Gasteiger partial charge in [-0.15, -0.1) is 0 Å². The zero-order valence-corrected chi connectivity index (χ0v) is 10.4. The van der Waals surface area contributed by atoms with Crippen LogP contribution in [-0.4, -0.2) is 23.0 Å². The van der Waals surface area contributed by atoms with Gasteiger partial charge in [0.15, 0.2) is 0 Å². The van der Waals surface area contributed by atoms with Crippen molar-refractivity contribution in [3.8, 4) is 0 Å². The Morgan fingerprint density at radius 1 is 1.47 bits per heavy atom. The van der Waals surface area contributed by atoms with E-state index >= 15 is 0 Å². The molecule has 92 valence electrons. The predicted molar refractivity (Wildman–Crippen MR) is 65.1 cm³/mol. The number of nitrogens with one attached hydrogen (secondary N) is 1. The standard InChI is InChI=1S/C12H14ClNO3/c1-7-5-10(13)4-3-9(7)6-11(15)14-8(2)12(16)17/h3-5,8H,6H2,1-2H3,(H,14,15)(H,16,17)/t8-/m0/s1. The normalized spacial score (nSPS) is 11.9. The van der Waals surface area contributed by atoms with Crippen LogP contribution in [0.1, 0.15) is 18.1 Å². The van der Waals surface area contributed by atoms with Crippen LogP contribution < -0.4 is 5.32 Å². The molecule has 0 bridgehead atoms. The Morgan fingerprint density at radius 2 is 2.12 bits per heavy atom. The Morgan fingerprint density at radius 3 is 2.65 bits per heavy atom. The van der Waals surface area contributed by atoms with E-state index in [-0.39, 0.29) is 12.3 Å². The van der Waals surface area contributed by atoms with Crippen molar-refractivity contribution in [3.63, 3.8) is 0 Å². The molecule has 1 rings (SSSR count). The maximum absolute atomic E-state index is 11.6. The SMILES string of the molecule is Cc1cc(Cl)ccc1CC(=O)N[C@@H](C)C(=O)O. The van der Waals surface area contributed by atoms with Gasteiger partial charge in [-0.2, -0.15) is 0 Å². The molecule has 0 radical (unpaired) electrons. The van der Waals surface area contributed by atoms with E-state index in [9.17, 15) is 9.59 Å². The average Bonchev–Trinajstić information content (AvgIpc) is 2.22. The number of carboxylic acid groups (broad SMARTS) is 1. The fraction of sp³-hybridized carbons (Fsp3) is 0.333. The molecule has 0 unspecified atom stereocenters. The lowest BCUT2D eigenvalue weighted by Gasteiger charge is -2.10. The number of hydrogen-bond donors (Lipinski definition) is 2. The maximum atomic E-state index is 11.6. The van der Waals surface area contributed by atoms with Crippen LogP contribution in [0.2, 0.25) is 5.02 Å². The van der Waals surface area contributed by atoms with Gasteiger partial charge in [0.2, 0.25) is 5.91 Å². The summed E-state index contributed by atoms with van der Waals surface area (Å²) in [6, 6.07) is 4.36. The van der Waals surface area contributed by atoms with Crippen molar-refractivity contribution in [1.82, 2.24) is 5.32 Å². The minimum Gasteiger partial charge on any atom is -0.480 e. The molecule has 1 aromatic carbocycles. The number of halogens is 1. The van der Waals surface area contributed by atoms with Gasteiger partial charge >= 0.3 is 5.97 Å². The zero-order valence-electron chi connectivity index (χ0n) is 9.66. The lowest BCUT2D eigenvalue weighted by Crippen LogP contribution is -2.39. The summed E-state index contributed by atoms with van der Waals surface area (Å²) < 4.78 is 0. The number of carbonyl (C=O) groups excluding carboxylic acids is 1. The minimum atomic E-state index is -1.05. The summed E-state index contributed by atoms with van der Waals surface area (Å²) in [5, 5.41) is 11.7. The number of aliphatic carboxylic acids is 1. The maximum Gasteiger partial charge on any atom is 0.325 e. The van der Waals surface area contributed by atoms with Crippen LogP contribution in [-0.2, 0) is 16.0 Å². The van der Waals surface area contributed by atoms with Gasteiger partial charge in [0.1, 0.15) is 6.04 Å². The average molecular weight is 256 g/mol. The fourth-order valence-corrected chi connectivity index (χ4v) is 1.61. The van der Waals surface area contributed by atoms with Crippen LogP contribution in [0.15, 0.2) is 18.2 Å². The smallest absolute Gasteiger partial charge is 0.325 e. The Hall–Kier alpha value is -1.55. The molecule has 0 aliphatic heterocycles. The summed E-state index contributed by atoms with van der Waals surface area (Å²) in [6.07, 6.45) is 0.153. The van der Waals surface area contributed by atoms with Crippen molar-refractivity contribution >= 4 is 23.5 Å². The molecular formula is C12H14ClNO3. The Labute approximate surface area is 105 Å². The molecule has 0 fully saturated rings. The number of amides is 1. The third-order valence-electron chi connectivity index (χ3n) is 2.40. The molecule has 1 atom stereocenters. The highest BCUT2D eigenvalue weighted by Gasteiger charge is 2.14. The summed E-state index contributed by atoms with van der Waals surface area (Å²) in [6.45, 7) is 3.28. The van der Waals surface area contributed by atoms with E-state index in [0.717, 1.165) is 11.1 Å². The number of rotatable bonds is 4. The van der Waals surface area contributed by atoms with E-state index < -0.39 is 12.0 Å². The van der Waals surface area contributed by atoms with Gasteiger partial charge in [0, 0.05) is 5.02 Å². The first kappa shape index (κ1) is 13.5. The lowest BCUT2D eigenvalue weighted by atomic mass is 10.1. The van der Waals surface area contributed by atoms with Crippen molar-refractivity contribution < 1.29 is 14.7 Å². The highest BCUT2D eigenvalue weighted by Crippen LogP contribution is 2.15. The van der Waals surface area contributed by atoms with Crippen molar-refractivity contribution in [2.24, 2.45) is 0 Å². The fourth-order valence-electron chi connectivity index (χ4n) is 1.38. The van der Waals surface area contributed by atoms with Gasteiger partial charge in [-0.25, -0.2) is 0 Å². The molecule has 0 heterocycles. The second kappa shape index (κ2) is 5.68. The number of carboxylic acids is 1. The zero-order chi connectivity index (χ0) is 13.0. The van der Waals surface area contributed by atoms with Crippen molar-refractivity contribution in [3.05, 3.63) is 34.3 Å². The van der Waals surface area contributed by atoms with Gasteiger partial charge in [-0.1, -0.05) is 17.7 Å². The topological polar surface area (TPSA) is 66.4 Å². The van der Waals surface area contributed by atoms with E-state index in [1.54, 1.807) is 18.2 Å². The second-order valence-corrected chi connectivity index (χ2v) is 4.31. The van der Waals surface area contributed by atoms with Gasteiger partial charge in [0.25, 0.3) is 0 Å². The van der Waals surface area contributed by atoms with Gasteiger partial charge in [-0.05, 0) is 37.1 Å². The molecule has 5 heteroatoms. The molecule has 0 aliphatic rings. The van der Waals surface area contributed by atoms with Crippen molar-refractivity contribution in [1.29, 1.82) is 0 Å². The molecule has 17 heavy (non-hydrogen) atoms. The first-order chi connectivity index (χ1) is 7.90. The number of benzene rings is 1. The molecule has 0 aliphatic carbocycles. The first-order valence-corrected chi connectivity index (χ1v) is 5.55. The van der Waals surface area contributed by atoms with Crippen LogP contribution in [0.25, 0.3) is 0 Å². The molecule has 0 saturated heterocycles. The Bertz CT molecular complexity index is 445. The molecule has 4 nitrogen and oxygen atoms in total. The molecule has 2 N–H and O–H groups in total. The van der Waals surface area contributed by atoms with Crippen molar-refractivity contribution in [2.75, 3.05) is 0 Å². The van der Waals surface area contributed by atoms with Crippen molar-refractivity contribution in [2.45, 2.75) is 26.3 Å². The third-order valence-corrected chi connectivity index (χ3v) is 2.64. The van der Waals surface area contributed by atoms with Crippen LogP contribution in [0.5, 0.6) is 0 Å². The van der Waals surface area contributed by atoms with E-state index in [1.807, 2.05) is 6.92 Å². The summed E-state index contributed by atoms with van der Waals surface area (Å²) in [5.41, 5.74) is 1.75.